The second-order valence-corrected chi connectivity index (χ2v) is 4.48. The summed E-state index contributed by atoms with van der Waals surface area (Å²) in [7, 11) is 0. The van der Waals surface area contributed by atoms with Crippen LogP contribution in [0.1, 0.15) is 33.6 Å². The average Bonchev–Trinajstić information content (AvgIpc) is 3.01. The summed E-state index contributed by atoms with van der Waals surface area (Å²) in [5.74, 6) is 0.483. The van der Waals surface area contributed by atoms with E-state index in [0.717, 1.165) is 12.8 Å². The standard InChI is InChI=1S/C11H22N2O2/c1-4-15-8(2)10(14)13-11(3,7-12)9-5-6-9/h8-9H,4-7,12H2,1-3H3,(H,13,14). The topological polar surface area (TPSA) is 64.3 Å². The first-order valence-electron chi connectivity index (χ1n) is 5.67. The Morgan fingerprint density at radius 1 is 1.67 bits per heavy atom. The minimum absolute atomic E-state index is 0.0586. The van der Waals surface area contributed by atoms with Crippen molar-refractivity contribution in [2.24, 2.45) is 11.7 Å². The molecule has 4 nitrogen and oxygen atoms in total. The Labute approximate surface area is 91.5 Å². The molecule has 2 unspecified atom stereocenters. The van der Waals surface area contributed by atoms with Crippen molar-refractivity contribution in [3.05, 3.63) is 0 Å². The van der Waals surface area contributed by atoms with Gasteiger partial charge < -0.3 is 15.8 Å². The molecule has 0 spiro atoms. The van der Waals surface area contributed by atoms with Gasteiger partial charge in [0.1, 0.15) is 6.10 Å². The Morgan fingerprint density at radius 2 is 2.27 bits per heavy atom. The van der Waals surface area contributed by atoms with Crippen molar-refractivity contribution in [3.63, 3.8) is 0 Å². The third-order valence-corrected chi connectivity index (χ3v) is 3.10. The fourth-order valence-corrected chi connectivity index (χ4v) is 1.75. The van der Waals surface area contributed by atoms with Gasteiger partial charge in [-0.05, 0) is 39.5 Å². The number of hydrogen-bond acceptors (Lipinski definition) is 3. The van der Waals surface area contributed by atoms with Gasteiger partial charge in [-0.3, -0.25) is 4.79 Å². The summed E-state index contributed by atoms with van der Waals surface area (Å²) in [6, 6.07) is 0. The zero-order chi connectivity index (χ0) is 11.5. The predicted molar refractivity (Wildman–Crippen MR) is 59.4 cm³/mol. The van der Waals surface area contributed by atoms with Gasteiger partial charge in [0.05, 0.1) is 5.54 Å². The Kier molecular flexibility index (Phi) is 4.11. The van der Waals surface area contributed by atoms with Gasteiger partial charge >= 0.3 is 0 Å². The normalized spacial score (nSPS) is 21.9. The lowest BCUT2D eigenvalue weighted by molar-refractivity contribution is -0.133. The van der Waals surface area contributed by atoms with Gasteiger partial charge in [-0.2, -0.15) is 0 Å². The highest BCUT2D eigenvalue weighted by Crippen LogP contribution is 2.38. The summed E-state index contributed by atoms with van der Waals surface area (Å²) >= 11 is 0. The first kappa shape index (κ1) is 12.5. The van der Waals surface area contributed by atoms with Crippen LogP contribution >= 0.6 is 0 Å². The molecule has 1 saturated carbocycles. The lowest BCUT2D eigenvalue weighted by Crippen LogP contribution is -2.55. The van der Waals surface area contributed by atoms with Crippen molar-refractivity contribution in [1.29, 1.82) is 0 Å². The SMILES string of the molecule is CCOC(C)C(=O)NC(C)(CN)C1CC1. The highest BCUT2D eigenvalue weighted by molar-refractivity contribution is 5.81. The van der Waals surface area contributed by atoms with Crippen molar-refractivity contribution in [2.75, 3.05) is 13.2 Å². The van der Waals surface area contributed by atoms with Crippen LogP contribution in [-0.4, -0.2) is 30.7 Å². The van der Waals surface area contributed by atoms with Crippen molar-refractivity contribution in [1.82, 2.24) is 5.32 Å². The molecular formula is C11H22N2O2. The molecule has 1 fully saturated rings. The van der Waals surface area contributed by atoms with Crippen LogP contribution in [-0.2, 0) is 9.53 Å². The van der Waals surface area contributed by atoms with E-state index >= 15 is 0 Å². The highest BCUT2D eigenvalue weighted by Gasteiger charge is 2.42. The fraction of sp³-hybridized carbons (Fsp3) is 0.909. The molecule has 1 amide bonds. The molecule has 2 atom stereocenters. The molecule has 0 heterocycles. The van der Waals surface area contributed by atoms with Gasteiger partial charge in [-0.15, -0.1) is 0 Å². The minimum Gasteiger partial charge on any atom is -0.369 e. The summed E-state index contributed by atoms with van der Waals surface area (Å²) in [6.45, 7) is 6.70. The van der Waals surface area contributed by atoms with Gasteiger partial charge in [-0.1, -0.05) is 0 Å². The van der Waals surface area contributed by atoms with E-state index in [0.29, 0.717) is 19.1 Å². The summed E-state index contributed by atoms with van der Waals surface area (Å²) in [5, 5.41) is 3.00. The number of amides is 1. The van der Waals surface area contributed by atoms with E-state index in [-0.39, 0.29) is 17.6 Å². The van der Waals surface area contributed by atoms with Crippen LogP contribution in [0.15, 0.2) is 0 Å². The van der Waals surface area contributed by atoms with E-state index < -0.39 is 0 Å². The fourth-order valence-electron chi connectivity index (χ4n) is 1.75. The second-order valence-electron chi connectivity index (χ2n) is 4.48. The van der Waals surface area contributed by atoms with Gasteiger partial charge in [0.25, 0.3) is 0 Å². The molecule has 0 saturated heterocycles. The molecule has 4 heteroatoms. The maximum Gasteiger partial charge on any atom is 0.249 e. The van der Waals surface area contributed by atoms with Crippen LogP contribution in [0.2, 0.25) is 0 Å². The van der Waals surface area contributed by atoms with Crippen molar-refractivity contribution in [2.45, 2.75) is 45.3 Å². The molecule has 0 aromatic heterocycles. The number of ether oxygens (including phenoxy) is 1. The average molecular weight is 214 g/mol. The highest BCUT2D eigenvalue weighted by atomic mass is 16.5. The van der Waals surface area contributed by atoms with Gasteiger partial charge in [0, 0.05) is 13.2 Å². The molecular weight excluding hydrogens is 192 g/mol. The molecule has 15 heavy (non-hydrogen) atoms. The molecule has 88 valence electrons. The number of rotatable bonds is 6. The Balaban J connectivity index is 2.47. The van der Waals surface area contributed by atoms with E-state index in [2.05, 4.69) is 5.32 Å². The van der Waals surface area contributed by atoms with Crippen LogP contribution in [0, 0.1) is 5.92 Å². The summed E-state index contributed by atoms with van der Waals surface area (Å²) < 4.78 is 5.24. The van der Waals surface area contributed by atoms with E-state index in [1.54, 1.807) is 6.92 Å². The largest absolute Gasteiger partial charge is 0.369 e. The van der Waals surface area contributed by atoms with Crippen molar-refractivity contribution >= 4 is 5.91 Å². The van der Waals surface area contributed by atoms with E-state index in [1.807, 2.05) is 13.8 Å². The number of carbonyl (C=O) groups excluding carboxylic acids is 1. The number of nitrogens with one attached hydrogen (secondary N) is 1. The van der Waals surface area contributed by atoms with Crippen LogP contribution in [0.3, 0.4) is 0 Å². The van der Waals surface area contributed by atoms with Crippen LogP contribution in [0.25, 0.3) is 0 Å². The Hall–Kier alpha value is -0.610. The van der Waals surface area contributed by atoms with E-state index in [4.69, 9.17) is 10.5 Å². The van der Waals surface area contributed by atoms with E-state index in [9.17, 15) is 4.79 Å². The molecule has 0 bridgehead atoms. The van der Waals surface area contributed by atoms with Crippen molar-refractivity contribution in [3.8, 4) is 0 Å². The number of nitrogens with two attached hydrogens (primary N) is 1. The predicted octanol–water partition coefficient (Wildman–Crippen LogP) is 0.655. The van der Waals surface area contributed by atoms with Crippen LogP contribution < -0.4 is 11.1 Å². The van der Waals surface area contributed by atoms with Gasteiger partial charge in [0.15, 0.2) is 0 Å². The third-order valence-electron chi connectivity index (χ3n) is 3.10. The summed E-state index contributed by atoms with van der Waals surface area (Å²) in [4.78, 5) is 11.7. The molecule has 0 aliphatic heterocycles. The third kappa shape index (κ3) is 3.18. The molecule has 1 rings (SSSR count). The zero-order valence-corrected chi connectivity index (χ0v) is 9.88. The van der Waals surface area contributed by atoms with Gasteiger partial charge in [-0.25, -0.2) is 0 Å². The first-order chi connectivity index (χ1) is 7.03. The molecule has 0 radical (unpaired) electrons. The first-order valence-corrected chi connectivity index (χ1v) is 5.67. The maximum absolute atomic E-state index is 11.7. The second kappa shape index (κ2) is 4.94. The number of hydrogen-bond donors (Lipinski definition) is 2. The van der Waals surface area contributed by atoms with Crippen molar-refractivity contribution < 1.29 is 9.53 Å². The lowest BCUT2D eigenvalue weighted by atomic mass is 9.95. The number of carbonyl (C=O) groups is 1. The Morgan fingerprint density at radius 3 is 2.67 bits per heavy atom. The minimum atomic E-state index is -0.389. The lowest BCUT2D eigenvalue weighted by Gasteiger charge is -2.30. The van der Waals surface area contributed by atoms with E-state index in [1.165, 1.54) is 0 Å². The molecule has 0 aromatic carbocycles. The summed E-state index contributed by atoms with van der Waals surface area (Å²) in [6.07, 6.45) is 1.94. The van der Waals surface area contributed by atoms with Crippen LogP contribution in [0.4, 0.5) is 0 Å². The zero-order valence-electron chi connectivity index (χ0n) is 9.88. The van der Waals surface area contributed by atoms with Gasteiger partial charge in [0.2, 0.25) is 5.91 Å². The molecule has 1 aliphatic carbocycles. The Bertz CT molecular complexity index is 229. The smallest absolute Gasteiger partial charge is 0.249 e. The monoisotopic (exact) mass is 214 g/mol. The molecule has 0 aromatic rings. The molecule has 1 aliphatic rings. The summed E-state index contributed by atoms with van der Waals surface area (Å²) in [5.41, 5.74) is 5.47. The maximum atomic E-state index is 11.7. The van der Waals surface area contributed by atoms with Crippen LogP contribution in [0.5, 0.6) is 0 Å². The molecule has 3 N–H and O–H groups in total. The quantitative estimate of drug-likeness (QED) is 0.682.